The fraction of sp³-hybridized carbons (Fsp3) is 0.429. The zero-order chi connectivity index (χ0) is 13.8. The predicted octanol–water partition coefficient (Wildman–Crippen LogP) is 2.21. The van der Waals surface area contributed by atoms with Gasteiger partial charge in [0.05, 0.1) is 12.3 Å². The maximum absolute atomic E-state index is 12.1. The lowest BCUT2D eigenvalue weighted by atomic mass is 9.97. The highest BCUT2D eigenvalue weighted by molar-refractivity contribution is 6.30. The van der Waals surface area contributed by atoms with E-state index in [2.05, 4.69) is 0 Å². The van der Waals surface area contributed by atoms with Gasteiger partial charge in [-0.3, -0.25) is 9.59 Å². The van der Waals surface area contributed by atoms with Gasteiger partial charge in [0.2, 0.25) is 5.91 Å². The van der Waals surface area contributed by atoms with Crippen LogP contribution in [0.25, 0.3) is 0 Å². The first-order valence-corrected chi connectivity index (χ1v) is 6.69. The Balaban J connectivity index is 1.98. The molecule has 1 fully saturated rings. The molecule has 0 bridgehead atoms. The van der Waals surface area contributed by atoms with Crippen LogP contribution in [0.15, 0.2) is 24.3 Å². The summed E-state index contributed by atoms with van der Waals surface area (Å²) in [5.74, 6) is -1.29. The number of rotatable bonds is 3. The fourth-order valence-electron chi connectivity index (χ4n) is 2.34. The minimum Gasteiger partial charge on any atom is -0.481 e. The number of hydrogen-bond donors (Lipinski definition) is 1. The van der Waals surface area contributed by atoms with Crippen molar-refractivity contribution in [2.45, 2.75) is 19.3 Å². The highest BCUT2D eigenvalue weighted by atomic mass is 35.5. The van der Waals surface area contributed by atoms with E-state index in [9.17, 15) is 9.59 Å². The summed E-state index contributed by atoms with van der Waals surface area (Å²) in [6.45, 7) is 0.956. The molecule has 4 nitrogen and oxygen atoms in total. The maximum atomic E-state index is 12.1. The number of hydrogen-bond acceptors (Lipinski definition) is 2. The summed E-state index contributed by atoms with van der Waals surface area (Å²) in [4.78, 5) is 24.7. The first-order chi connectivity index (χ1) is 9.06. The second-order valence-electron chi connectivity index (χ2n) is 4.82. The van der Waals surface area contributed by atoms with Gasteiger partial charge in [0.1, 0.15) is 0 Å². The Morgan fingerprint density at radius 2 is 2.21 bits per heavy atom. The molecule has 1 aromatic carbocycles. The van der Waals surface area contributed by atoms with Crippen molar-refractivity contribution in [2.75, 3.05) is 13.1 Å². The van der Waals surface area contributed by atoms with Gasteiger partial charge in [0, 0.05) is 18.1 Å². The van der Waals surface area contributed by atoms with Crippen molar-refractivity contribution in [2.24, 2.45) is 5.92 Å². The first-order valence-electron chi connectivity index (χ1n) is 6.31. The molecular weight excluding hydrogens is 266 g/mol. The van der Waals surface area contributed by atoms with E-state index in [1.54, 1.807) is 23.1 Å². The molecular formula is C14H16ClNO3. The standard InChI is InChI=1S/C14H16ClNO3/c15-12-5-1-3-10(7-12)8-13(17)16-6-2-4-11(9-16)14(18)19/h1,3,5,7,11H,2,4,6,8-9H2,(H,18,19). The van der Waals surface area contributed by atoms with E-state index in [1.807, 2.05) is 6.07 Å². The van der Waals surface area contributed by atoms with Crippen LogP contribution < -0.4 is 0 Å². The van der Waals surface area contributed by atoms with Crippen LogP contribution in [0.4, 0.5) is 0 Å². The molecule has 0 aliphatic carbocycles. The molecule has 1 aliphatic rings. The van der Waals surface area contributed by atoms with Gasteiger partial charge in [-0.2, -0.15) is 0 Å². The predicted molar refractivity (Wildman–Crippen MR) is 72.1 cm³/mol. The Hall–Kier alpha value is -1.55. The molecule has 0 radical (unpaired) electrons. The minimum atomic E-state index is -0.819. The SMILES string of the molecule is O=C(O)C1CCCN(C(=O)Cc2cccc(Cl)c2)C1. The summed E-state index contributed by atoms with van der Waals surface area (Å²) in [6.07, 6.45) is 1.67. The number of carboxylic acid groups (broad SMARTS) is 1. The topological polar surface area (TPSA) is 57.6 Å². The Morgan fingerprint density at radius 1 is 1.42 bits per heavy atom. The average Bonchev–Trinajstić information content (AvgIpc) is 2.39. The van der Waals surface area contributed by atoms with Crippen molar-refractivity contribution in [3.05, 3.63) is 34.9 Å². The van der Waals surface area contributed by atoms with Crippen LogP contribution in [-0.4, -0.2) is 35.0 Å². The summed E-state index contributed by atoms with van der Waals surface area (Å²) in [5.41, 5.74) is 0.856. The number of nitrogens with zero attached hydrogens (tertiary/aromatic N) is 1. The Bertz CT molecular complexity index is 489. The van der Waals surface area contributed by atoms with Crippen molar-refractivity contribution in [1.82, 2.24) is 4.90 Å². The molecule has 1 saturated heterocycles. The molecule has 1 N–H and O–H groups in total. The minimum absolute atomic E-state index is 0.0341. The normalized spacial score (nSPS) is 19.2. The average molecular weight is 282 g/mol. The van der Waals surface area contributed by atoms with E-state index in [0.29, 0.717) is 24.5 Å². The third-order valence-electron chi connectivity index (χ3n) is 3.37. The molecule has 0 aromatic heterocycles. The maximum Gasteiger partial charge on any atom is 0.308 e. The van der Waals surface area contributed by atoms with Crippen molar-refractivity contribution < 1.29 is 14.7 Å². The Labute approximate surface area is 117 Å². The number of carbonyl (C=O) groups excluding carboxylic acids is 1. The molecule has 0 saturated carbocycles. The molecule has 1 aliphatic heterocycles. The van der Waals surface area contributed by atoms with E-state index in [4.69, 9.17) is 16.7 Å². The molecule has 0 spiro atoms. The molecule has 2 rings (SSSR count). The molecule has 102 valence electrons. The van der Waals surface area contributed by atoms with E-state index in [-0.39, 0.29) is 12.3 Å². The zero-order valence-electron chi connectivity index (χ0n) is 10.5. The van der Waals surface area contributed by atoms with Gasteiger partial charge < -0.3 is 10.0 Å². The summed E-state index contributed by atoms with van der Waals surface area (Å²) < 4.78 is 0. The summed E-state index contributed by atoms with van der Waals surface area (Å²) in [7, 11) is 0. The largest absolute Gasteiger partial charge is 0.481 e. The van der Waals surface area contributed by atoms with E-state index in [1.165, 1.54) is 0 Å². The van der Waals surface area contributed by atoms with Crippen molar-refractivity contribution in [3.63, 3.8) is 0 Å². The second-order valence-corrected chi connectivity index (χ2v) is 5.26. The zero-order valence-corrected chi connectivity index (χ0v) is 11.3. The van der Waals surface area contributed by atoms with Crippen LogP contribution in [0, 0.1) is 5.92 Å². The van der Waals surface area contributed by atoms with Crippen LogP contribution in [0.3, 0.4) is 0 Å². The number of halogens is 1. The van der Waals surface area contributed by atoms with Gasteiger partial charge in [-0.15, -0.1) is 0 Å². The first kappa shape index (κ1) is 13.9. The summed E-state index contributed by atoms with van der Waals surface area (Å²) >= 11 is 5.88. The Morgan fingerprint density at radius 3 is 2.89 bits per heavy atom. The lowest BCUT2D eigenvalue weighted by Crippen LogP contribution is -2.42. The number of likely N-dealkylation sites (tertiary alicyclic amines) is 1. The Kier molecular flexibility index (Phi) is 4.43. The van der Waals surface area contributed by atoms with E-state index < -0.39 is 11.9 Å². The molecule has 19 heavy (non-hydrogen) atoms. The van der Waals surface area contributed by atoms with Gasteiger partial charge in [-0.25, -0.2) is 0 Å². The molecule has 1 heterocycles. The second kappa shape index (κ2) is 6.06. The molecule has 1 amide bonds. The van der Waals surface area contributed by atoms with Crippen molar-refractivity contribution >= 4 is 23.5 Å². The van der Waals surface area contributed by atoms with Crippen LogP contribution in [0.2, 0.25) is 5.02 Å². The summed E-state index contributed by atoms with van der Waals surface area (Å²) in [6, 6.07) is 7.18. The molecule has 5 heteroatoms. The van der Waals surface area contributed by atoms with Crippen molar-refractivity contribution in [1.29, 1.82) is 0 Å². The van der Waals surface area contributed by atoms with Crippen LogP contribution in [0.1, 0.15) is 18.4 Å². The van der Waals surface area contributed by atoms with Gasteiger partial charge in [-0.1, -0.05) is 23.7 Å². The quantitative estimate of drug-likeness (QED) is 0.924. The van der Waals surface area contributed by atoms with Gasteiger partial charge >= 0.3 is 5.97 Å². The number of carboxylic acids is 1. The smallest absolute Gasteiger partial charge is 0.308 e. The molecule has 1 unspecified atom stereocenters. The number of benzene rings is 1. The van der Waals surface area contributed by atoms with Crippen LogP contribution in [0.5, 0.6) is 0 Å². The summed E-state index contributed by atoms with van der Waals surface area (Å²) in [5, 5.41) is 9.61. The molecule has 1 aromatic rings. The number of carbonyl (C=O) groups is 2. The van der Waals surface area contributed by atoms with Gasteiger partial charge in [-0.05, 0) is 30.5 Å². The third kappa shape index (κ3) is 3.70. The molecule has 1 atom stereocenters. The lowest BCUT2D eigenvalue weighted by molar-refractivity contribution is -0.145. The van der Waals surface area contributed by atoms with E-state index >= 15 is 0 Å². The third-order valence-corrected chi connectivity index (χ3v) is 3.60. The highest BCUT2D eigenvalue weighted by Gasteiger charge is 2.27. The number of piperidine rings is 1. The fourth-order valence-corrected chi connectivity index (χ4v) is 2.55. The lowest BCUT2D eigenvalue weighted by Gasteiger charge is -2.30. The van der Waals surface area contributed by atoms with Crippen LogP contribution >= 0.6 is 11.6 Å². The number of amides is 1. The number of aliphatic carboxylic acids is 1. The van der Waals surface area contributed by atoms with Crippen molar-refractivity contribution in [3.8, 4) is 0 Å². The monoisotopic (exact) mass is 281 g/mol. The van der Waals surface area contributed by atoms with E-state index in [0.717, 1.165) is 12.0 Å². The van der Waals surface area contributed by atoms with Gasteiger partial charge in [0.15, 0.2) is 0 Å². The highest BCUT2D eigenvalue weighted by Crippen LogP contribution is 2.18. The van der Waals surface area contributed by atoms with Gasteiger partial charge in [0.25, 0.3) is 0 Å². The van der Waals surface area contributed by atoms with Crippen LogP contribution in [-0.2, 0) is 16.0 Å².